The summed E-state index contributed by atoms with van der Waals surface area (Å²) in [4.78, 5) is 38.4. The number of anilines is 1. The molecule has 8 nitrogen and oxygen atoms in total. The van der Waals surface area contributed by atoms with Crippen LogP contribution in [0.4, 0.5) is 5.69 Å². The van der Waals surface area contributed by atoms with Gasteiger partial charge in [0.1, 0.15) is 36.2 Å². The summed E-state index contributed by atoms with van der Waals surface area (Å²) in [7, 11) is 0. The number of hydrogen-bond acceptors (Lipinski definition) is 6. The molecule has 0 bridgehead atoms. The first-order chi connectivity index (χ1) is 27.2. The Labute approximate surface area is 327 Å². The average molecular weight is 743 g/mol. The fourth-order valence-electron chi connectivity index (χ4n) is 6.96. The number of benzene rings is 5. The molecular weight excluding hydrogens is 701 g/mol. The molecule has 0 unspecified atom stereocenters. The quantitative estimate of drug-likeness (QED) is 0.150. The molecule has 0 saturated heterocycles. The summed E-state index contributed by atoms with van der Waals surface area (Å²) < 4.78 is 12.4. The zero-order chi connectivity index (χ0) is 38.6. The molecule has 0 aromatic heterocycles. The Kier molecular flexibility index (Phi) is 10.2. The fourth-order valence-corrected chi connectivity index (χ4v) is 6.96. The van der Waals surface area contributed by atoms with E-state index in [1.54, 1.807) is 6.07 Å². The molecule has 0 fully saturated rings. The van der Waals surface area contributed by atoms with Gasteiger partial charge >= 0.3 is 0 Å². The van der Waals surface area contributed by atoms with E-state index in [1.165, 1.54) is 10.1 Å². The molecule has 280 valence electrons. The molecule has 2 amide bonds. The summed E-state index contributed by atoms with van der Waals surface area (Å²) in [6.07, 6.45) is 14.9. The van der Waals surface area contributed by atoms with Gasteiger partial charge in [-0.05, 0) is 113 Å². The number of rotatable bonds is 9. The number of nitrogens with zero attached hydrogens (tertiary/aromatic N) is 2. The predicted octanol–water partition coefficient (Wildman–Crippen LogP) is 10.9. The minimum Gasteiger partial charge on any atom is -0.457 e. The van der Waals surface area contributed by atoms with E-state index in [0.29, 0.717) is 53.0 Å². The van der Waals surface area contributed by atoms with Gasteiger partial charge in [0.15, 0.2) is 0 Å². The number of aryl methyl sites for hydroxylation is 1. The van der Waals surface area contributed by atoms with Gasteiger partial charge in [-0.15, -0.1) is 0 Å². The average Bonchev–Trinajstić information content (AvgIpc) is 3.34. The first-order valence-corrected chi connectivity index (χ1v) is 18.7. The molecule has 5 aromatic carbocycles. The number of fused-ring (bicyclic) bond motifs is 2. The van der Waals surface area contributed by atoms with E-state index < -0.39 is 0 Å². The highest BCUT2D eigenvalue weighted by Crippen LogP contribution is 2.36. The minimum atomic E-state index is -0.307. The van der Waals surface area contributed by atoms with Gasteiger partial charge in [0.2, 0.25) is 0 Å². The first-order valence-electron chi connectivity index (χ1n) is 18.7. The van der Waals surface area contributed by atoms with E-state index in [1.807, 2.05) is 116 Å². The van der Waals surface area contributed by atoms with E-state index in [2.05, 4.69) is 50.3 Å². The maximum Gasteiger partial charge on any atom is 0.282 e. The van der Waals surface area contributed by atoms with Crippen LogP contribution in [0.1, 0.15) is 68.8 Å². The maximum absolute atomic E-state index is 13.4. The van der Waals surface area contributed by atoms with Crippen LogP contribution in [-0.4, -0.2) is 23.4 Å². The summed E-state index contributed by atoms with van der Waals surface area (Å²) in [5.41, 5.74) is 7.46. The predicted molar refractivity (Wildman–Crippen MR) is 217 cm³/mol. The number of carbonyl (C=O) groups excluding carboxylic acids is 2. The summed E-state index contributed by atoms with van der Waals surface area (Å²) in [5, 5.41) is 2.78. The van der Waals surface area contributed by atoms with Gasteiger partial charge in [-0.25, -0.2) is 5.06 Å². The van der Waals surface area contributed by atoms with Crippen LogP contribution in [0.3, 0.4) is 0 Å². The highest BCUT2D eigenvalue weighted by atomic mass is 16.7. The van der Waals surface area contributed by atoms with Crippen LogP contribution in [-0.2, 0) is 28.3 Å². The van der Waals surface area contributed by atoms with Crippen molar-refractivity contribution in [3.05, 3.63) is 196 Å². The lowest BCUT2D eigenvalue weighted by molar-refractivity contribution is -0.134. The van der Waals surface area contributed by atoms with Gasteiger partial charge < -0.3 is 9.47 Å². The van der Waals surface area contributed by atoms with Gasteiger partial charge in [-0.3, -0.25) is 19.3 Å². The van der Waals surface area contributed by atoms with Gasteiger partial charge in [0, 0.05) is 11.0 Å². The lowest BCUT2D eigenvalue weighted by Crippen LogP contribution is -2.37. The highest BCUT2D eigenvalue weighted by Gasteiger charge is 2.29. The molecule has 0 saturated carbocycles. The van der Waals surface area contributed by atoms with E-state index in [4.69, 9.17) is 19.1 Å². The molecule has 56 heavy (non-hydrogen) atoms. The SMILES string of the molecule is Cc1cccc(N2OCc3ccc(Oc4ccc(C(C)(C)c5ccc(Oc6ccc7c(c6)CON(CC6=C\C\C=C/C=C\C=C/6)C7=O)cc5)cc4)cc3C2=O)c1. The Morgan fingerprint density at radius 2 is 1.30 bits per heavy atom. The Balaban J connectivity index is 0.895. The second-order valence-electron chi connectivity index (χ2n) is 14.5. The van der Waals surface area contributed by atoms with E-state index in [0.717, 1.165) is 39.8 Å². The number of hydroxylamine groups is 3. The van der Waals surface area contributed by atoms with E-state index in [-0.39, 0.29) is 23.8 Å². The monoisotopic (exact) mass is 742 g/mol. The third-order valence-corrected chi connectivity index (χ3v) is 10.2. The molecule has 2 heterocycles. The maximum atomic E-state index is 13.4. The Morgan fingerprint density at radius 1 is 0.643 bits per heavy atom. The van der Waals surface area contributed by atoms with Crippen molar-refractivity contribution in [2.75, 3.05) is 11.6 Å². The van der Waals surface area contributed by atoms with Crippen LogP contribution < -0.4 is 14.5 Å². The topological polar surface area (TPSA) is 77.5 Å². The molecular formula is C48H42N2O6. The molecule has 0 N–H and O–H groups in total. The minimum absolute atomic E-state index is 0.166. The number of allylic oxidation sites excluding steroid dienone is 6. The van der Waals surface area contributed by atoms with Crippen molar-refractivity contribution >= 4 is 17.5 Å². The molecule has 8 rings (SSSR count). The van der Waals surface area contributed by atoms with Crippen molar-refractivity contribution in [1.82, 2.24) is 5.06 Å². The van der Waals surface area contributed by atoms with Crippen LogP contribution in [0.5, 0.6) is 23.0 Å². The van der Waals surface area contributed by atoms with Crippen molar-refractivity contribution in [2.45, 2.75) is 45.8 Å². The molecule has 0 atom stereocenters. The number of ether oxygens (including phenoxy) is 2. The zero-order valence-corrected chi connectivity index (χ0v) is 31.6. The summed E-state index contributed by atoms with van der Waals surface area (Å²) >= 11 is 0. The Bertz CT molecular complexity index is 2410. The van der Waals surface area contributed by atoms with Crippen molar-refractivity contribution in [1.29, 1.82) is 0 Å². The van der Waals surface area contributed by atoms with E-state index >= 15 is 0 Å². The molecule has 8 heteroatoms. The smallest absolute Gasteiger partial charge is 0.282 e. The second-order valence-corrected chi connectivity index (χ2v) is 14.5. The van der Waals surface area contributed by atoms with Gasteiger partial charge in [-0.2, -0.15) is 5.06 Å². The molecule has 1 aliphatic carbocycles. The lowest BCUT2D eigenvalue weighted by Gasteiger charge is -2.28. The van der Waals surface area contributed by atoms with Crippen molar-refractivity contribution in [3.8, 4) is 23.0 Å². The third kappa shape index (κ3) is 7.84. The second kappa shape index (κ2) is 15.7. The van der Waals surface area contributed by atoms with Crippen molar-refractivity contribution in [3.63, 3.8) is 0 Å². The Morgan fingerprint density at radius 3 is 2.04 bits per heavy atom. The highest BCUT2D eigenvalue weighted by molar-refractivity contribution is 6.06. The van der Waals surface area contributed by atoms with E-state index in [9.17, 15) is 9.59 Å². The normalized spacial score (nSPS) is 18.0. The molecule has 5 aromatic rings. The van der Waals surface area contributed by atoms with Crippen LogP contribution in [0, 0.1) is 6.92 Å². The van der Waals surface area contributed by atoms with Crippen LogP contribution in [0.25, 0.3) is 0 Å². The summed E-state index contributed by atoms with van der Waals surface area (Å²) in [6, 6.07) is 34.8. The summed E-state index contributed by atoms with van der Waals surface area (Å²) in [6.45, 7) is 7.29. The van der Waals surface area contributed by atoms with Crippen molar-refractivity contribution in [2.24, 2.45) is 0 Å². The number of carbonyl (C=O) groups is 2. The van der Waals surface area contributed by atoms with Crippen LogP contribution in [0.2, 0.25) is 0 Å². The first kappa shape index (κ1) is 36.5. The van der Waals surface area contributed by atoms with Gasteiger partial charge in [-0.1, -0.05) is 98.8 Å². The lowest BCUT2D eigenvalue weighted by atomic mass is 9.78. The molecule has 3 aliphatic rings. The largest absolute Gasteiger partial charge is 0.457 e. The van der Waals surface area contributed by atoms with Gasteiger partial charge in [0.25, 0.3) is 11.8 Å². The molecule has 2 aliphatic heterocycles. The number of amides is 2. The molecule has 0 spiro atoms. The fraction of sp³-hybridized carbons (Fsp3) is 0.167. The summed E-state index contributed by atoms with van der Waals surface area (Å²) in [5.74, 6) is 2.18. The number of hydrogen-bond donors (Lipinski definition) is 0. The standard InChI is InChI=1S/C48H42N2O6/c1-33-11-10-14-39(27-33)50-47(52)45-29-43(20-15-35(45)31-54-50)56-41-23-18-38(19-24-41)48(2,3)37-16-21-40(22-17-37)55-42-25-26-44-36(28-42)32-53-49(46(44)51)30-34-12-8-6-4-5-7-9-13-34/h4-8,10-29H,9,30-32H2,1-3H3/b6-4-,7-5-,12-8-,34-13+. The van der Waals surface area contributed by atoms with Crippen molar-refractivity contribution < 1.29 is 28.7 Å². The van der Waals surface area contributed by atoms with Crippen LogP contribution >= 0.6 is 0 Å². The van der Waals surface area contributed by atoms with Gasteiger partial charge in [0.05, 0.1) is 17.8 Å². The molecule has 0 radical (unpaired) electrons. The third-order valence-electron chi connectivity index (χ3n) is 10.2. The zero-order valence-electron chi connectivity index (χ0n) is 31.6. The Hall–Kier alpha value is -6.48. The van der Waals surface area contributed by atoms with Crippen LogP contribution in [0.15, 0.2) is 157 Å².